The predicted octanol–water partition coefficient (Wildman–Crippen LogP) is 2.22. The molecule has 0 fully saturated rings. The van der Waals surface area contributed by atoms with E-state index in [9.17, 15) is 0 Å². The van der Waals surface area contributed by atoms with Crippen LogP contribution in [0, 0.1) is 0 Å². The van der Waals surface area contributed by atoms with Crippen LogP contribution in [-0.4, -0.2) is 38.0 Å². The molecule has 126 valence electrons. The number of hydrogen-bond donors (Lipinski definition) is 4. The highest BCUT2D eigenvalue weighted by Crippen LogP contribution is 2.38. The molecule has 0 unspecified atom stereocenters. The molecule has 0 aliphatic heterocycles. The zero-order valence-electron chi connectivity index (χ0n) is 12.6. The molecule has 7 nitrogen and oxygen atoms in total. The van der Waals surface area contributed by atoms with Gasteiger partial charge in [0.2, 0.25) is 0 Å². The summed E-state index contributed by atoms with van der Waals surface area (Å²) in [5.41, 5.74) is 8.64. The van der Waals surface area contributed by atoms with Crippen LogP contribution in [0.4, 0.5) is 0 Å². The lowest BCUT2D eigenvalue weighted by Gasteiger charge is -2.14. The van der Waals surface area contributed by atoms with Gasteiger partial charge in [0.15, 0.2) is 0 Å². The maximum absolute atomic E-state index is 8.95. The summed E-state index contributed by atoms with van der Waals surface area (Å²) in [6.07, 6.45) is 6.85. The summed E-state index contributed by atoms with van der Waals surface area (Å²) >= 11 is 12.6. The maximum atomic E-state index is 8.95. The van der Waals surface area contributed by atoms with Crippen molar-refractivity contribution in [3.63, 3.8) is 0 Å². The number of rotatable bonds is 5. The second-order valence-electron chi connectivity index (χ2n) is 5.17. The third-order valence-electron chi connectivity index (χ3n) is 3.60. The first-order valence-electron chi connectivity index (χ1n) is 7.11. The Kier molecular flexibility index (Phi) is 4.68. The summed E-state index contributed by atoms with van der Waals surface area (Å²) < 4.78 is 1.71. The highest BCUT2D eigenvalue weighted by Gasteiger charge is 2.17. The predicted molar refractivity (Wildman–Crippen MR) is 96.0 cm³/mol. The summed E-state index contributed by atoms with van der Waals surface area (Å²) in [6.45, 7) is 0.169. The average molecular weight is 367 g/mol. The molecule has 2 aromatic heterocycles. The number of hydrazine groups is 1. The van der Waals surface area contributed by atoms with E-state index >= 15 is 0 Å². The van der Waals surface area contributed by atoms with E-state index in [1.165, 1.54) is 11.2 Å². The zero-order valence-corrected chi connectivity index (χ0v) is 14.1. The van der Waals surface area contributed by atoms with Crippen LogP contribution in [0.1, 0.15) is 0 Å². The van der Waals surface area contributed by atoms with E-state index in [-0.39, 0.29) is 13.2 Å². The Morgan fingerprint density at radius 1 is 1.42 bits per heavy atom. The minimum absolute atomic E-state index is 0.0838. The van der Waals surface area contributed by atoms with Crippen LogP contribution in [0.2, 0.25) is 10.0 Å². The Labute approximate surface area is 148 Å². The van der Waals surface area contributed by atoms with Gasteiger partial charge < -0.3 is 15.8 Å². The van der Waals surface area contributed by atoms with Crippen molar-refractivity contribution in [2.24, 2.45) is 11.6 Å². The van der Waals surface area contributed by atoms with Crippen LogP contribution >= 0.6 is 23.2 Å². The summed E-state index contributed by atoms with van der Waals surface area (Å²) in [5, 5.41) is 18.7. The van der Waals surface area contributed by atoms with E-state index in [1.807, 2.05) is 12.3 Å². The van der Waals surface area contributed by atoms with E-state index in [0.29, 0.717) is 21.4 Å². The minimum atomic E-state index is -0.0838. The molecule has 3 aromatic rings. The standard InChI is InChI=1S/C15H16Cl2N6O/c16-12-2-1-10-11(9-5-20-21-6-9)7-23(15(10)14(12)17)13(18)8-22(19)3-4-24/h1-2,5-8,24H,3-4,18-19H2,(H,20,21)/b13-8+. The Morgan fingerprint density at radius 2 is 2.21 bits per heavy atom. The Balaban J connectivity index is 2.22. The van der Waals surface area contributed by atoms with Gasteiger partial charge in [-0.05, 0) is 6.07 Å². The van der Waals surface area contributed by atoms with Gasteiger partial charge in [-0.15, -0.1) is 0 Å². The zero-order chi connectivity index (χ0) is 17.3. The van der Waals surface area contributed by atoms with E-state index in [2.05, 4.69) is 10.2 Å². The highest BCUT2D eigenvalue weighted by atomic mass is 35.5. The van der Waals surface area contributed by atoms with Crippen LogP contribution in [-0.2, 0) is 0 Å². The number of halogens is 2. The van der Waals surface area contributed by atoms with E-state index in [1.54, 1.807) is 23.0 Å². The van der Waals surface area contributed by atoms with Crippen LogP contribution in [0.3, 0.4) is 0 Å². The number of benzene rings is 1. The van der Waals surface area contributed by atoms with Crippen molar-refractivity contribution in [3.8, 4) is 11.1 Å². The lowest BCUT2D eigenvalue weighted by Crippen LogP contribution is -2.29. The monoisotopic (exact) mass is 366 g/mol. The fourth-order valence-corrected chi connectivity index (χ4v) is 2.91. The normalized spacial score (nSPS) is 12.1. The Hall–Kier alpha value is -2.19. The third-order valence-corrected chi connectivity index (χ3v) is 4.40. The number of aliphatic hydroxyl groups excluding tert-OH is 1. The summed E-state index contributed by atoms with van der Waals surface area (Å²) in [5.74, 6) is 6.11. The Bertz CT molecular complexity index is 887. The van der Waals surface area contributed by atoms with Crippen LogP contribution < -0.4 is 11.6 Å². The van der Waals surface area contributed by atoms with Crippen LogP contribution in [0.5, 0.6) is 0 Å². The SMILES string of the molecule is N/C(=C\N(N)CCO)n1cc(-c2cn[nH]c2)c2ccc(Cl)c(Cl)c21. The molecule has 6 N–H and O–H groups in total. The van der Waals surface area contributed by atoms with Gasteiger partial charge >= 0.3 is 0 Å². The average Bonchev–Trinajstić information content (AvgIpc) is 3.18. The molecule has 1 aromatic carbocycles. The lowest BCUT2D eigenvalue weighted by molar-refractivity contribution is 0.239. The number of aromatic nitrogens is 3. The molecule has 24 heavy (non-hydrogen) atoms. The number of nitrogens with two attached hydrogens (primary N) is 2. The van der Waals surface area contributed by atoms with E-state index in [4.69, 9.17) is 39.9 Å². The minimum Gasteiger partial charge on any atom is -0.394 e. The molecule has 0 aliphatic rings. The third kappa shape index (κ3) is 2.94. The van der Waals surface area contributed by atoms with E-state index < -0.39 is 0 Å². The summed E-state index contributed by atoms with van der Waals surface area (Å²) in [7, 11) is 0. The second kappa shape index (κ2) is 6.74. The molecular formula is C15H16Cl2N6O. The first-order valence-corrected chi connectivity index (χ1v) is 7.86. The van der Waals surface area contributed by atoms with Crippen molar-refractivity contribution in [3.05, 3.63) is 47.0 Å². The molecule has 0 amide bonds. The van der Waals surface area contributed by atoms with Gasteiger partial charge in [0.25, 0.3) is 0 Å². The quantitative estimate of drug-likeness (QED) is 0.408. The van der Waals surface area contributed by atoms with Crippen LogP contribution in [0.25, 0.3) is 27.9 Å². The van der Waals surface area contributed by atoms with Gasteiger partial charge in [0, 0.05) is 28.9 Å². The number of aromatic amines is 1. The number of fused-ring (bicyclic) bond motifs is 1. The summed E-state index contributed by atoms with van der Waals surface area (Å²) in [6, 6.07) is 3.62. The van der Waals surface area contributed by atoms with Crippen LogP contribution in [0.15, 0.2) is 36.9 Å². The molecule has 0 saturated carbocycles. The van der Waals surface area contributed by atoms with Crippen molar-refractivity contribution in [2.75, 3.05) is 13.2 Å². The molecule has 0 aliphatic carbocycles. The molecule has 0 bridgehead atoms. The first-order chi connectivity index (χ1) is 11.5. The number of aliphatic hydroxyl groups is 1. The van der Waals surface area contributed by atoms with Gasteiger partial charge in [-0.1, -0.05) is 29.3 Å². The fraction of sp³-hybridized carbons (Fsp3) is 0.133. The smallest absolute Gasteiger partial charge is 0.125 e. The molecular weight excluding hydrogens is 351 g/mol. The Morgan fingerprint density at radius 3 is 2.88 bits per heavy atom. The van der Waals surface area contributed by atoms with Gasteiger partial charge in [-0.25, -0.2) is 5.84 Å². The van der Waals surface area contributed by atoms with Gasteiger partial charge in [-0.2, -0.15) is 5.10 Å². The highest BCUT2D eigenvalue weighted by molar-refractivity contribution is 6.45. The fourth-order valence-electron chi connectivity index (χ4n) is 2.50. The number of nitrogens with zero attached hydrogens (tertiary/aromatic N) is 3. The number of nitrogens with one attached hydrogen (secondary N) is 1. The molecule has 0 atom stereocenters. The molecule has 3 rings (SSSR count). The van der Waals surface area contributed by atoms with Crippen molar-refractivity contribution in [1.29, 1.82) is 0 Å². The maximum Gasteiger partial charge on any atom is 0.125 e. The molecule has 2 heterocycles. The van der Waals surface area contributed by atoms with Crippen molar-refractivity contribution >= 4 is 39.9 Å². The number of hydrogen-bond acceptors (Lipinski definition) is 5. The van der Waals surface area contributed by atoms with Crippen molar-refractivity contribution < 1.29 is 5.11 Å². The first kappa shape index (κ1) is 16.7. The van der Waals surface area contributed by atoms with Gasteiger partial charge in [0.05, 0.1) is 41.1 Å². The second-order valence-corrected chi connectivity index (χ2v) is 5.96. The molecule has 0 saturated heterocycles. The van der Waals surface area contributed by atoms with Gasteiger partial charge in [-0.3, -0.25) is 9.67 Å². The van der Waals surface area contributed by atoms with Crippen molar-refractivity contribution in [1.82, 2.24) is 19.8 Å². The van der Waals surface area contributed by atoms with Gasteiger partial charge in [0.1, 0.15) is 5.82 Å². The lowest BCUT2D eigenvalue weighted by atomic mass is 10.1. The molecule has 0 radical (unpaired) electrons. The summed E-state index contributed by atoms with van der Waals surface area (Å²) in [4.78, 5) is 0. The largest absolute Gasteiger partial charge is 0.394 e. The molecule has 9 heteroatoms. The van der Waals surface area contributed by atoms with Crippen molar-refractivity contribution in [2.45, 2.75) is 0 Å². The number of H-pyrrole nitrogens is 1. The topological polar surface area (TPSA) is 109 Å². The van der Waals surface area contributed by atoms with E-state index in [0.717, 1.165) is 16.5 Å². The molecule has 0 spiro atoms.